The molecule has 3 heteroatoms. The monoisotopic (exact) mass is 292 g/mol. The lowest BCUT2D eigenvalue weighted by Gasteiger charge is -2.25. The number of nitrogens with one attached hydrogen (secondary N) is 1. The summed E-state index contributed by atoms with van der Waals surface area (Å²) in [6.07, 6.45) is 6.97. The van der Waals surface area contributed by atoms with Gasteiger partial charge < -0.3 is 5.32 Å². The zero-order chi connectivity index (χ0) is 11.8. The van der Waals surface area contributed by atoms with E-state index in [9.17, 15) is 0 Å². The van der Waals surface area contributed by atoms with Crippen molar-refractivity contribution < 1.29 is 0 Å². The maximum Gasteiger partial charge on any atom is 0.109 e. The summed E-state index contributed by atoms with van der Waals surface area (Å²) in [5.74, 6) is 1.60. The van der Waals surface area contributed by atoms with Crippen LogP contribution >= 0.6 is 15.9 Å². The molecule has 2 atom stereocenters. The largest absolute Gasteiger partial charge is 0.316 e. The number of aryl methyl sites for hydroxylation is 1. The molecule has 2 heterocycles. The Bertz CT molecular complexity index is 467. The van der Waals surface area contributed by atoms with Crippen molar-refractivity contribution in [1.29, 1.82) is 0 Å². The lowest BCUT2D eigenvalue weighted by Crippen LogP contribution is -2.33. The second kappa shape index (κ2) is 4.54. The molecule has 90 valence electrons. The van der Waals surface area contributed by atoms with Gasteiger partial charge in [-0.25, -0.2) is 4.98 Å². The Hall–Kier alpha value is -0.670. The maximum absolute atomic E-state index is 4.40. The van der Waals surface area contributed by atoms with Gasteiger partial charge in [-0.3, -0.25) is 0 Å². The molecule has 1 aliphatic heterocycles. The SMILES string of the molecule is Cc1cc(C2=C[C@@H]3CCNC[C@@H]3C2)cnc1Br. The second-order valence-corrected chi connectivity index (χ2v) is 5.90. The molecule has 0 saturated carbocycles. The first kappa shape index (κ1) is 11.4. The van der Waals surface area contributed by atoms with E-state index in [0.717, 1.165) is 16.4 Å². The topological polar surface area (TPSA) is 24.9 Å². The van der Waals surface area contributed by atoms with E-state index in [2.05, 4.69) is 45.3 Å². The molecular formula is C14H17BrN2. The highest BCUT2D eigenvalue weighted by Crippen LogP contribution is 2.39. The van der Waals surface area contributed by atoms with Gasteiger partial charge in [-0.1, -0.05) is 6.08 Å². The number of nitrogens with zero attached hydrogens (tertiary/aromatic N) is 1. The van der Waals surface area contributed by atoms with E-state index in [1.165, 1.54) is 42.6 Å². The van der Waals surface area contributed by atoms with Crippen LogP contribution in [0.4, 0.5) is 0 Å². The highest BCUT2D eigenvalue weighted by Gasteiger charge is 2.30. The molecule has 1 N–H and O–H groups in total. The molecule has 3 rings (SSSR count). The fourth-order valence-electron chi connectivity index (χ4n) is 2.94. The van der Waals surface area contributed by atoms with Gasteiger partial charge in [0.25, 0.3) is 0 Å². The van der Waals surface area contributed by atoms with Crippen molar-refractivity contribution in [3.63, 3.8) is 0 Å². The zero-order valence-electron chi connectivity index (χ0n) is 10.0. The molecule has 1 saturated heterocycles. The highest BCUT2D eigenvalue weighted by atomic mass is 79.9. The lowest BCUT2D eigenvalue weighted by atomic mass is 9.89. The summed E-state index contributed by atoms with van der Waals surface area (Å²) < 4.78 is 0.957. The molecule has 0 aromatic carbocycles. The summed E-state index contributed by atoms with van der Waals surface area (Å²) in [5.41, 5.74) is 4.02. The van der Waals surface area contributed by atoms with Crippen LogP contribution in [-0.2, 0) is 0 Å². The Morgan fingerprint density at radius 1 is 1.47 bits per heavy atom. The summed E-state index contributed by atoms with van der Waals surface area (Å²) >= 11 is 3.46. The van der Waals surface area contributed by atoms with E-state index in [4.69, 9.17) is 0 Å². The van der Waals surface area contributed by atoms with Gasteiger partial charge in [0.05, 0.1) is 0 Å². The molecule has 0 amide bonds. The van der Waals surface area contributed by atoms with Crippen LogP contribution in [0.5, 0.6) is 0 Å². The molecule has 0 unspecified atom stereocenters. The normalized spacial score (nSPS) is 27.8. The van der Waals surface area contributed by atoms with Crippen LogP contribution in [0.3, 0.4) is 0 Å². The smallest absolute Gasteiger partial charge is 0.109 e. The Kier molecular flexibility index (Phi) is 3.05. The minimum atomic E-state index is 0.787. The van der Waals surface area contributed by atoms with Gasteiger partial charge in [-0.2, -0.15) is 0 Å². The van der Waals surface area contributed by atoms with Crippen molar-refractivity contribution in [2.45, 2.75) is 19.8 Å². The second-order valence-electron chi connectivity index (χ2n) is 5.14. The summed E-state index contributed by atoms with van der Waals surface area (Å²) in [7, 11) is 0. The molecule has 1 aliphatic carbocycles. The van der Waals surface area contributed by atoms with Gasteiger partial charge in [-0.05, 0) is 83.4 Å². The molecule has 0 spiro atoms. The Labute approximate surface area is 111 Å². The fourth-order valence-corrected chi connectivity index (χ4v) is 3.16. The van der Waals surface area contributed by atoms with Gasteiger partial charge in [-0.15, -0.1) is 0 Å². The Balaban J connectivity index is 1.87. The number of piperidine rings is 1. The van der Waals surface area contributed by atoms with Crippen molar-refractivity contribution in [1.82, 2.24) is 10.3 Å². The molecule has 2 aliphatic rings. The summed E-state index contributed by atoms with van der Waals surface area (Å²) in [5, 5.41) is 3.49. The van der Waals surface area contributed by atoms with E-state index >= 15 is 0 Å². The van der Waals surface area contributed by atoms with Crippen LogP contribution < -0.4 is 5.32 Å². The first-order valence-corrected chi connectivity index (χ1v) is 7.07. The minimum Gasteiger partial charge on any atom is -0.316 e. The molecule has 17 heavy (non-hydrogen) atoms. The van der Waals surface area contributed by atoms with Crippen molar-refractivity contribution in [2.24, 2.45) is 11.8 Å². The number of halogens is 1. The number of hydrogen-bond acceptors (Lipinski definition) is 2. The predicted octanol–water partition coefficient (Wildman–Crippen LogP) is 3.17. The number of rotatable bonds is 1. The standard InChI is InChI=1S/C14H17BrN2/c1-9-4-12(8-17-14(9)15)11-5-10-2-3-16-7-13(10)6-11/h4-5,8,10,13,16H,2-3,6-7H2,1H3/t10-,13-/m0/s1. The van der Waals surface area contributed by atoms with E-state index in [-0.39, 0.29) is 0 Å². The number of hydrogen-bond donors (Lipinski definition) is 1. The van der Waals surface area contributed by atoms with E-state index in [1.54, 1.807) is 0 Å². The number of allylic oxidation sites excluding steroid dienone is 2. The highest BCUT2D eigenvalue weighted by molar-refractivity contribution is 9.10. The maximum atomic E-state index is 4.40. The van der Waals surface area contributed by atoms with Crippen LogP contribution in [0.2, 0.25) is 0 Å². The third kappa shape index (κ3) is 2.18. The van der Waals surface area contributed by atoms with Crippen LogP contribution in [-0.4, -0.2) is 18.1 Å². The van der Waals surface area contributed by atoms with Gasteiger partial charge in [0.15, 0.2) is 0 Å². The minimum absolute atomic E-state index is 0.787. The molecule has 1 aromatic rings. The van der Waals surface area contributed by atoms with Crippen molar-refractivity contribution in [2.75, 3.05) is 13.1 Å². The average molecular weight is 293 g/mol. The van der Waals surface area contributed by atoms with Gasteiger partial charge in [0.2, 0.25) is 0 Å². The van der Waals surface area contributed by atoms with E-state index in [0.29, 0.717) is 0 Å². The Morgan fingerprint density at radius 3 is 3.12 bits per heavy atom. The quantitative estimate of drug-likeness (QED) is 0.805. The molecule has 0 bridgehead atoms. The predicted molar refractivity (Wildman–Crippen MR) is 73.7 cm³/mol. The number of pyridine rings is 1. The average Bonchev–Trinajstić information content (AvgIpc) is 2.76. The summed E-state index contributed by atoms with van der Waals surface area (Å²) in [6.45, 7) is 4.45. The van der Waals surface area contributed by atoms with Crippen molar-refractivity contribution in [3.8, 4) is 0 Å². The number of fused-ring (bicyclic) bond motifs is 1. The molecule has 1 aromatic heterocycles. The number of aromatic nitrogens is 1. The van der Waals surface area contributed by atoms with Gasteiger partial charge in [0.1, 0.15) is 4.60 Å². The zero-order valence-corrected chi connectivity index (χ0v) is 11.6. The van der Waals surface area contributed by atoms with Crippen LogP contribution in [0.15, 0.2) is 22.9 Å². The van der Waals surface area contributed by atoms with Crippen LogP contribution in [0.1, 0.15) is 24.0 Å². The molecule has 0 radical (unpaired) electrons. The van der Waals surface area contributed by atoms with E-state index < -0.39 is 0 Å². The summed E-state index contributed by atoms with van der Waals surface area (Å²) in [4.78, 5) is 4.40. The van der Waals surface area contributed by atoms with Crippen molar-refractivity contribution >= 4 is 21.5 Å². The summed E-state index contributed by atoms with van der Waals surface area (Å²) in [6, 6.07) is 2.24. The molecular weight excluding hydrogens is 276 g/mol. The first-order chi connectivity index (χ1) is 8.24. The van der Waals surface area contributed by atoms with Gasteiger partial charge in [0, 0.05) is 6.20 Å². The fraction of sp³-hybridized carbons (Fsp3) is 0.500. The van der Waals surface area contributed by atoms with Crippen molar-refractivity contribution in [3.05, 3.63) is 34.1 Å². The Morgan fingerprint density at radius 2 is 2.35 bits per heavy atom. The molecule has 1 fully saturated rings. The van der Waals surface area contributed by atoms with Crippen LogP contribution in [0, 0.1) is 18.8 Å². The first-order valence-electron chi connectivity index (χ1n) is 6.28. The van der Waals surface area contributed by atoms with E-state index in [1.807, 2.05) is 6.20 Å². The third-order valence-corrected chi connectivity index (χ3v) is 4.78. The van der Waals surface area contributed by atoms with Gasteiger partial charge >= 0.3 is 0 Å². The van der Waals surface area contributed by atoms with Crippen LogP contribution in [0.25, 0.3) is 5.57 Å². The lowest BCUT2D eigenvalue weighted by molar-refractivity contribution is 0.324. The molecule has 2 nitrogen and oxygen atoms in total. The third-order valence-electron chi connectivity index (χ3n) is 3.95.